The zero-order valence-electron chi connectivity index (χ0n) is 6.88. The minimum Gasteiger partial charge on any atom is -0.375 e. The van der Waals surface area contributed by atoms with E-state index in [2.05, 4.69) is 10.2 Å². The zero-order valence-corrected chi connectivity index (χ0v) is 7.88. The summed E-state index contributed by atoms with van der Waals surface area (Å²) >= 11 is 0. The van der Waals surface area contributed by atoms with E-state index in [1.165, 1.54) is 32.1 Å². The van der Waals surface area contributed by atoms with Crippen molar-refractivity contribution in [3.63, 3.8) is 0 Å². The third kappa shape index (κ3) is 1.52. The lowest BCUT2D eigenvalue weighted by atomic mass is 9.86. The first-order valence-electron chi connectivity index (χ1n) is 4.70. The van der Waals surface area contributed by atoms with Gasteiger partial charge in [-0.2, -0.15) is 0 Å². The summed E-state index contributed by atoms with van der Waals surface area (Å²) in [6, 6.07) is 1.15. The number of ether oxygens (including phenoxy) is 1. The predicted octanol–water partition coefficient (Wildman–Crippen LogP) is 1.92. The largest absolute Gasteiger partial charge is 0.375 e. The third-order valence-corrected chi connectivity index (χ3v) is 3.34. The molecule has 0 aromatic heterocycles. The summed E-state index contributed by atoms with van der Waals surface area (Å²) in [5.41, 5.74) is 0. The van der Waals surface area contributed by atoms with Gasteiger partial charge in [-0.25, -0.2) is 0 Å². The molecule has 2 aliphatic heterocycles. The minimum absolute atomic E-state index is 0.637. The summed E-state index contributed by atoms with van der Waals surface area (Å²) in [5, 5.41) is 0. The molecule has 2 fully saturated rings. The van der Waals surface area contributed by atoms with Crippen LogP contribution in [0.2, 0.25) is 6.04 Å². The molecule has 1 nitrogen and oxygen atoms in total. The highest BCUT2D eigenvalue weighted by molar-refractivity contribution is 6.08. The average Bonchev–Trinajstić information content (AvgIpc) is 2.60. The van der Waals surface area contributed by atoms with Gasteiger partial charge in [0.1, 0.15) is 0 Å². The summed E-state index contributed by atoms with van der Waals surface area (Å²) in [6.45, 7) is 0. The van der Waals surface area contributed by atoms with Crippen LogP contribution in [0.3, 0.4) is 0 Å². The van der Waals surface area contributed by atoms with Crippen molar-refractivity contribution in [2.45, 2.75) is 50.4 Å². The zero-order chi connectivity index (χ0) is 7.68. The van der Waals surface area contributed by atoms with E-state index >= 15 is 0 Å². The van der Waals surface area contributed by atoms with Gasteiger partial charge in [-0.15, -0.1) is 0 Å². The summed E-state index contributed by atoms with van der Waals surface area (Å²) < 4.78 is 5.77. The predicted molar refractivity (Wildman–Crippen MR) is 45.8 cm³/mol. The average molecular weight is 167 g/mol. The molecule has 2 heteroatoms. The van der Waals surface area contributed by atoms with Crippen LogP contribution in [-0.2, 0) is 4.74 Å². The van der Waals surface area contributed by atoms with Gasteiger partial charge in [0.15, 0.2) is 0 Å². The summed E-state index contributed by atoms with van der Waals surface area (Å²) in [4.78, 5) is 0. The molecule has 11 heavy (non-hydrogen) atoms. The Morgan fingerprint density at radius 2 is 2.27 bits per heavy atom. The lowest BCUT2D eigenvalue weighted by molar-refractivity contribution is 0.0912. The van der Waals surface area contributed by atoms with E-state index in [4.69, 9.17) is 4.74 Å². The molecular weight excluding hydrogens is 152 g/mol. The maximum atomic E-state index is 5.77. The van der Waals surface area contributed by atoms with E-state index in [0.717, 1.165) is 12.0 Å². The Bertz CT molecular complexity index is 138. The van der Waals surface area contributed by atoms with Crippen LogP contribution in [-0.4, -0.2) is 22.5 Å². The molecule has 2 heterocycles. The highest BCUT2D eigenvalue weighted by atomic mass is 28.1. The van der Waals surface area contributed by atoms with Gasteiger partial charge in [-0.05, 0) is 31.6 Å². The third-order valence-electron chi connectivity index (χ3n) is 2.98. The van der Waals surface area contributed by atoms with Crippen molar-refractivity contribution in [2.24, 2.45) is 5.92 Å². The molecule has 2 bridgehead atoms. The Morgan fingerprint density at radius 3 is 2.82 bits per heavy atom. The number of hydrogen-bond acceptors (Lipinski definition) is 1. The fraction of sp³-hybridized carbons (Fsp3) is 1.00. The molecule has 3 unspecified atom stereocenters. The van der Waals surface area contributed by atoms with Crippen LogP contribution >= 0.6 is 0 Å². The topological polar surface area (TPSA) is 9.23 Å². The molecule has 0 amide bonds. The van der Waals surface area contributed by atoms with Gasteiger partial charge in [0.05, 0.1) is 12.2 Å². The van der Waals surface area contributed by atoms with E-state index in [1.807, 2.05) is 0 Å². The molecule has 0 saturated carbocycles. The maximum absolute atomic E-state index is 5.77. The molecular formula is C9H15OSi. The van der Waals surface area contributed by atoms with Crippen molar-refractivity contribution in [1.29, 1.82) is 0 Å². The molecule has 61 valence electrons. The van der Waals surface area contributed by atoms with Crippen LogP contribution in [0.1, 0.15) is 32.1 Å². The molecule has 0 aliphatic carbocycles. The van der Waals surface area contributed by atoms with Crippen molar-refractivity contribution < 1.29 is 4.74 Å². The summed E-state index contributed by atoms with van der Waals surface area (Å²) in [7, 11) is 3.51. The lowest BCUT2D eigenvalue weighted by Crippen LogP contribution is -2.15. The van der Waals surface area contributed by atoms with Gasteiger partial charge in [0.2, 0.25) is 0 Å². The monoisotopic (exact) mass is 167 g/mol. The second-order valence-corrected chi connectivity index (χ2v) is 4.26. The Labute approximate surface area is 71.9 Å². The van der Waals surface area contributed by atoms with E-state index in [0.29, 0.717) is 12.2 Å². The van der Waals surface area contributed by atoms with E-state index in [-0.39, 0.29) is 0 Å². The highest BCUT2D eigenvalue weighted by Crippen LogP contribution is 2.40. The lowest BCUT2D eigenvalue weighted by Gasteiger charge is -2.17. The Morgan fingerprint density at radius 1 is 1.36 bits per heavy atom. The first-order valence-corrected chi connectivity index (χ1v) is 5.41. The van der Waals surface area contributed by atoms with Gasteiger partial charge in [-0.1, -0.05) is 12.5 Å². The Kier molecular flexibility index (Phi) is 2.32. The fourth-order valence-corrected chi connectivity index (χ4v) is 2.62. The maximum Gasteiger partial charge on any atom is 0.0608 e. The Hall–Kier alpha value is 0.177. The van der Waals surface area contributed by atoms with Crippen LogP contribution in [0.25, 0.3) is 0 Å². The normalized spacial score (nSPS) is 41.7. The molecule has 0 aromatic carbocycles. The standard InChI is InChI=1S/C9H15OSi/c11-5-1-2-7-6-8-3-4-9(7)10-8/h7-9H,1-6H2. The molecule has 3 radical (unpaired) electrons. The van der Waals surface area contributed by atoms with Crippen molar-refractivity contribution in [1.82, 2.24) is 0 Å². The van der Waals surface area contributed by atoms with E-state index in [1.54, 1.807) is 0 Å². The van der Waals surface area contributed by atoms with Gasteiger partial charge < -0.3 is 4.74 Å². The minimum atomic E-state index is 0.637. The van der Waals surface area contributed by atoms with Crippen LogP contribution in [0, 0.1) is 5.92 Å². The SMILES string of the molecule is [Si]CCCC1CC2CCC1O2. The molecule has 2 aliphatic rings. The second kappa shape index (κ2) is 3.28. The van der Waals surface area contributed by atoms with Crippen LogP contribution < -0.4 is 0 Å². The van der Waals surface area contributed by atoms with Gasteiger partial charge in [0, 0.05) is 10.2 Å². The molecule has 3 atom stereocenters. The number of hydrogen-bond donors (Lipinski definition) is 0. The highest BCUT2D eigenvalue weighted by Gasteiger charge is 2.39. The quantitative estimate of drug-likeness (QED) is 0.584. The molecule has 0 aromatic rings. The Balaban J connectivity index is 1.78. The van der Waals surface area contributed by atoms with Crippen molar-refractivity contribution in [2.75, 3.05) is 0 Å². The van der Waals surface area contributed by atoms with Crippen molar-refractivity contribution in [3.8, 4) is 0 Å². The molecule has 2 rings (SSSR count). The van der Waals surface area contributed by atoms with Gasteiger partial charge >= 0.3 is 0 Å². The summed E-state index contributed by atoms with van der Waals surface area (Å²) in [6.07, 6.45) is 7.96. The van der Waals surface area contributed by atoms with Crippen molar-refractivity contribution in [3.05, 3.63) is 0 Å². The van der Waals surface area contributed by atoms with E-state index in [9.17, 15) is 0 Å². The molecule has 2 saturated heterocycles. The first-order chi connectivity index (χ1) is 5.40. The van der Waals surface area contributed by atoms with Crippen LogP contribution in [0.5, 0.6) is 0 Å². The van der Waals surface area contributed by atoms with Crippen LogP contribution in [0.4, 0.5) is 0 Å². The van der Waals surface area contributed by atoms with Gasteiger partial charge in [-0.3, -0.25) is 0 Å². The van der Waals surface area contributed by atoms with E-state index < -0.39 is 0 Å². The van der Waals surface area contributed by atoms with Crippen molar-refractivity contribution >= 4 is 10.2 Å². The first kappa shape index (κ1) is 7.81. The smallest absolute Gasteiger partial charge is 0.0608 e. The number of rotatable bonds is 3. The second-order valence-electron chi connectivity index (χ2n) is 3.76. The van der Waals surface area contributed by atoms with Gasteiger partial charge in [0.25, 0.3) is 0 Å². The molecule has 0 spiro atoms. The number of fused-ring (bicyclic) bond motifs is 2. The fourth-order valence-electron chi connectivity index (χ4n) is 2.41. The molecule has 0 N–H and O–H groups in total. The van der Waals surface area contributed by atoms with Crippen LogP contribution in [0.15, 0.2) is 0 Å². The summed E-state index contributed by atoms with van der Waals surface area (Å²) in [5.74, 6) is 0.894.